The van der Waals surface area contributed by atoms with Gasteiger partial charge in [-0.25, -0.2) is 0 Å². The van der Waals surface area contributed by atoms with Gasteiger partial charge in [-0.15, -0.1) is 6.58 Å². The Balaban J connectivity index is 1.31. The monoisotopic (exact) mass is 501 g/mol. The van der Waals surface area contributed by atoms with Gasteiger partial charge in [-0.2, -0.15) is 0 Å². The van der Waals surface area contributed by atoms with Crippen LogP contribution in [0.15, 0.2) is 55.1 Å². The lowest BCUT2D eigenvalue weighted by atomic mass is 9.44. The molecule has 37 heavy (non-hydrogen) atoms. The molecule has 2 aromatic carbocycles. The van der Waals surface area contributed by atoms with Crippen molar-refractivity contribution >= 4 is 0 Å². The van der Waals surface area contributed by atoms with E-state index >= 15 is 0 Å². The molecule has 0 spiro atoms. The molecule has 198 valence electrons. The van der Waals surface area contributed by atoms with E-state index in [9.17, 15) is 10.2 Å². The molecule has 1 heterocycles. The summed E-state index contributed by atoms with van der Waals surface area (Å²) in [5, 5.41) is 21.5. The largest absolute Gasteiger partial charge is 0.508 e. The van der Waals surface area contributed by atoms with Gasteiger partial charge in [0.2, 0.25) is 0 Å². The van der Waals surface area contributed by atoms with Gasteiger partial charge in [0.1, 0.15) is 18.1 Å². The maximum Gasteiger partial charge on any atom is 0.119 e. The molecular formula is C33H43NO3. The van der Waals surface area contributed by atoms with Gasteiger partial charge in [-0.1, -0.05) is 37.6 Å². The maximum absolute atomic E-state index is 11.2. The summed E-state index contributed by atoms with van der Waals surface area (Å²) in [7, 11) is 0. The Kier molecular flexibility index (Phi) is 6.61. The average Bonchev–Trinajstić information content (AvgIpc) is 3.23. The van der Waals surface area contributed by atoms with Crippen LogP contribution in [0, 0.1) is 16.7 Å². The molecule has 3 aliphatic carbocycles. The molecule has 4 aliphatic rings. The summed E-state index contributed by atoms with van der Waals surface area (Å²) in [6.45, 7) is 10.9. The van der Waals surface area contributed by atoms with Crippen LogP contribution in [-0.2, 0) is 6.42 Å². The molecule has 1 saturated heterocycles. The normalized spacial score (nSPS) is 35.3. The first-order valence-electron chi connectivity index (χ1n) is 14.5. The molecule has 2 N–H and O–H groups in total. The Hall–Kier alpha value is -2.30. The first-order chi connectivity index (χ1) is 17.9. The number of aryl methyl sites for hydroxylation is 1. The molecule has 0 radical (unpaired) electrons. The highest BCUT2D eigenvalue weighted by Crippen LogP contribution is 2.71. The number of benzene rings is 2. The highest BCUT2D eigenvalue weighted by atomic mass is 16.5. The summed E-state index contributed by atoms with van der Waals surface area (Å²) in [5.74, 6) is 2.28. The molecule has 4 nitrogen and oxygen atoms in total. The number of aliphatic hydroxyl groups is 1. The number of allylic oxidation sites excluding steroid dienone is 1. The van der Waals surface area contributed by atoms with Crippen molar-refractivity contribution in [2.24, 2.45) is 16.7 Å². The van der Waals surface area contributed by atoms with Gasteiger partial charge in [-0.05, 0) is 122 Å². The Morgan fingerprint density at radius 3 is 2.62 bits per heavy atom. The van der Waals surface area contributed by atoms with Gasteiger partial charge >= 0.3 is 0 Å². The van der Waals surface area contributed by atoms with E-state index in [-0.39, 0.29) is 22.9 Å². The average molecular weight is 502 g/mol. The highest BCUT2D eigenvalue weighted by Gasteiger charge is 2.63. The first kappa shape index (κ1) is 25.0. The van der Waals surface area contributed by atoms with Crippen molar-refractivity contribution in [1.82, 2.24) is 4.90 Å². The van der Waals surface area contributed by atoms with Crippen LogP contribution in [0.25, 0.3) is 0 Å². The van der Waals surface area contributed by atoms with Crippen molar-refractivity contribution in [3.05, 3.63) is 71.8 Å². The predicted molar refractivity (Wildman–Crippen MR) is 148 cm³/mol. The molecule has 3 fully saturated rings. The van der Waals surface area contributed by atoms with Gasteiger partial charge in [0.25, 0.3) is 0 Å². The molecule has 0 bridgehead atoms. The summed E-state index contributed by atoms with van der Waals surface area (Å²) >= 11 is 0. The number of piperidine rings is 1. The van der Waals surface area contributed by atoms with Crippen molar-refractivity contribution in [1.29, 1.82) is 0 Å². The van der Waals surface area contributed by atoms with Crippen molar-refractivity contribution < 1.29 is 14.9 Å². The number of ether oxygens (including phenoxy) is 1. The number of aromatic hydroxyl groups is 1. The molecule has 6 rings (SSSR count). The second kappa shape index (κ2) is 9.78. The van der Waals surface area contributed by atoms with E-state index < -0.39 is 0 Å². The van der Waals surface area contributed by atoms with Gasteiger partial charge in [-0.3, -0.25) is 4.90 Å². The van der Waals surface area contributed by atoms with Crippen molar-refractivity contribution in [3.63, 3.8) is 0 Å². The smallest absolute Gasteiger partial charge is 0.119 e. The van der Waals surface area contributed by atoms with Crippen LogP contribution >= 0.6 is 0 Å². The molecule has 4 heteroatoms. The fourth-order valence-corrected chi connectivity index (χ4v) is 8.83. The van der Waals surface area contributed by atoms with E-state index in [4.69, 9.17) is 4.74 Å². The van der Waals surface area contributed by atoms with Crippen LogP contribution in [0.4, 0.5) is 0 Å². The zero-order valence-electron chi connectivity index (χ0n) is 22.4. The van der Waals surface area contributed by atoms with Crippen molar-refractivity contribution in [3.8, 4) is 11.5 Å². The number of phenolic OH excluding ortho intramolecular Hbond substituents is 1. The number of hydrogen-bond donors (Lipinski definition) is 2. The van der Waals surface area contributed by atoms with E-state index in [0.717, 1.165) is 51.0 Å². The second-order valence-corrected chi connectivity index (χ2v) is 12.5. The molecule has 6 atom stereocenters. The molecule has 0 aromatic heterocycles. The van der Waals surface area contributed by atoms with E-state index in [2.05, 4.69) is 54.8 Å². The third kappa shape index (κ3) is 4.21. The first-order valence-corrected chi connectivity index (χ1v) is 14.5. The lowest BCUT2D eigenvalue weighted by Gasteiger charge is -2.60. The highest BCUT2D eigenvalue weighted by molar-refractivity contribution is 5.46. The number of hydrogen-bond acceptors (Lipinski definition) is 4. The topological polar surface area (TPSA) is 52.9 Å². The number of nitrogens with zero attached hydrogens (tertiary/aromatic N) is 1. The summed E-state index contributed by atoms with van der Waals surface area (Å²) < 4.78 is 6.15. The number of fused-ring (bicyclic) bond motifs is 5. The Morgan fingerprint density at radius 1 is 1.08 bits per heavy atom. The third-order valence-electron chi connectivity index (χ3n) is 10.7. The van der Waals surface area contributed by atoms with Gasteiger partial charge < -0.3 is 14.9 Å². The summed E-state index contributed by atoms with van der Waals surface area (Å²) in [4.78, 5) is 2.51. The van der Waals surface area contributed by atoms with Crippen LogP contribution in [0.1, 0.15) is 80.4 Å². The van der Waals surface area contributed by atoms with Crippen LogP contribution in [0.3, 0.4) is 0 Å². The van der Waals surface area contributed by atoms with Crippen LogP contribution in [0.5, 0.6) is 11.5 Å². The van der Waals surface area contributed by atoms with Crippen LogP contribution in [0.2, 0.25) is 0 Å². The Morgan fingerprint density at radius 2 is 1.86 bits per heavy atom. The minimum atomic E-state index is -0.267. The Labute approximate surface area is 222 Å². The lowest BCUT2D eigenvalue weighted by molar-refractivity contribution is -0.0630. The van der Waals surface area contributed by atoms with Gasteiger partial charge in [0.05, 0.1) is 6.10 Å². The third-order valence-corrected chi connectivity index (χ3v) is 10.7. The lowest BCUT2D eigenvalue weighted by Crippen LogP contribution is -2.53. The van der Waals surface area contributed by atoms with Gasteiger partial charge in [0, 0.05) is 12.5 Å². The molecule has 1 aliphatic heterocycles. The molecule has 0 unspecified atom stereocenters. The predicted octanol–water partition coefficient (Wildman–Crippen LogP) is 6.42. The van der Waals surface area contributed by atoms with Crippen molar-refractivity contribution in [2.45, 2.75) is 76.2 Å². The maximum atomic E-state index is 11.2. The number of likely N-dealkylation sites (tertiary alicyclic amines) is 1. The number of rotatable bonds is 6. The summed E-state index contributed by atoms with van der Waals surface area (Å²) in [5.41, 5.74) is 3.78. The van der Waals surface area contributed by atoms with Crippen LogP contribution < -0.4 is 4.74 Å². The van der Waals surface area contributed by atoms with E-state index in [0.29, 0.717) is 17.6 Å². The van der Waals surface area contributed by atoms with Gasteiger partial charge in [0.15, 0.2) is 0 Å². The summed E-state index contributed by atoms with van der Waals surface area (Å²) in [6.07, 6.45) is 10.8. The zero-order valence-corrected chi connectivity index (χ0v) is 22.4. The molecule has 2 aromatic rings. The molecular weight excluding hydrogens is 458 g/mol. The fraction of sp³-hybridized carbons (Fsp3) is 0.576. The fourth-order valence-electron chi connectivity index (χ4n) is 8.83. The second-order valence-electron chi connectivity index (χ2n) is 12.5. The number of aliphatic hydroxyl groups excluding tert-OH is 1. The minimum absolute atomic E-state index is 0.0528. The zero-order chi connectivity index (χ0) is 25.6. The molecule has 2 saturated carbocycles. The van der Waals surface area contributed by atoms with Crippen LogP contribution in [-0.4, -0.2) is 47.5 Å². The number of phenols is 1. The quantitative estimate of drug-likeness (QED) is 0.448. The van der Waals surface area contributed by atoms with E-state index in [1.54, 1.807) is 0 Å². The van der Waals surface area contributed by atoms with Crippen molar-refractivity contribution in [2.75, 3.05) is 26.2 Å². The SMILES string of the molecule is C=C[C@@]12CCc3cc(O)ccc3[C@H]1[C@@H](c1ccc(OCCN3CCCCC3)cc1)C[C@@]1(C)[C@H]2CC[C@@H]1O. The standard InChI is InChI=1S/C33H43NO3/c1-3-33-16-15-24-21-25(35)9-12-27(24)31(33)28(22-32(2)29(33)13-14-30(32)36)23-7-10-26(11-8-23)37-20-19-34-17-5-4-6-18-34/h3,7-12,21,28-31,35-36H,1,4-6,13-20,22H2,2H3/t28-,29-,30+,31+,32+,33+/m1/s1. The summed E-state index contributed by atoms with van der Waals surface area (Å²) in [6, 6.07) is 14.8. The molecule has 0 amide bonds. The van der Waals surface area contributed by atoms with E-state index in [1.807, 2.05) is 12.1 Å². The Bertz CT molecular complexity index is 1120. The minimum Gasteiger partial charge on any atom is -0.508 e. The van der Waals surface area contributed by atoms with E-state index in [1.165, 1.54) is 49.0 Å².